The molecular weight excluding hydrogens is 182 g/mol. The predicted octanol–water partition coefficient (Wildman–Crippen LogP) is 0.969. The lowest BCUT2D eigenvalue weighted by molar-refractivity contribution is -0.162. The average molecular weight is 201 g/mol. The van der Waals surface area contributed by atoms with Crippen molar-refractivity contribution in [2.24, 2.45) is 5.92 Å². The first-order valence-corrected chi connectivity index (χ1v) is 4.65. The first-order valence-electron chi connectivity index (χ1n) is 4.65. The number of carbonyl (C=O) groups is 1. The highest BCUT2D eigenvalue weighted by molar-refractivity contribution is 5.86. The summed E-state index contributed by atoms with van der Waals surface area (Å²) < 4.78 is 0. The molecule has 4 nitrogen and oxygen atoms in total. The zero-order valence-electron chi connectivity index (χ0n) is 9.23. The number of nitrogens with zero attached hydrogens (tertiary/aromatic N) is 1. The van der Waals surface area contributed by atoms with Gasteiger partial charge in [0.2, 0.25) is 0 Å². The van der Waals surface area contributed by atoms with Crippen LogP contribution in [0.25, 0.3) is 0 Å². The molecule has 0 aromatic carbocycles. The molecule has 0 aliphatic rings. The van der Waals surface area contributed by atoms with Crippen LogP contribution >= 0.6 is 0 Å². The van der Waals surface area contributed by atoms with Gasteiger partial charge in [0, 0.05) is 13.1 Å². The molecule has 0 aliphatic heterocycles. The van der Waals surface area contributed by atoms with Crippen molar-refractivity contribution in [3.8, 4) is 0 Å². The molecule has 0 spiro atoms. The van der Waals surface area contributed by atoms with Gasteiger partial charge < -0.3 is 5.11 Å². The number of amides is 1. The van der Waals surface area contributed by atoms with E-state index in [4.69, 9.17) is 0 Å². The van der Waals surface area contributed by atoms with Crippen LogP contribution in [0.15, 0.2) is 12.2 Å². The van der Waals surface area contributed by atoms with Crippen LogP contribution in [0.5, 0.6) is 0 Å². The molecule has 1 N–H and O–H groups in total. The molecule has 0 aromatic rings. The number of carbonyl (C=O) groups excluding carboxylic acids is 1. The van der Waals surface area contributed by atoms with E-state index in [1.54, 1.807) is 6.08 Å². The first-order chi connectivity index (χ1) is 6.49. The van der Waals surface area contributed by atoms with Gasteiger partial charge in [-0.25, -0.2) is 5.06 Å². The molecular formula is C10H19NO3. The van der Waals surface area contributed by atoms with E-state index < -0.39 is 6.10 Å². The number of aliphatic hydroxyl groups is 1. The zero-order chi connectivity index (χ0) is 11.1. The van der Waals surface area contributed by atoms with Gasteiger partial charge in [-0.2, -0.15) is 0 Å². The fraction of sp³-hybridized carbons (Fsp3) is 0.700. The van der Waals surface area contributed by atoms with Crippen LogP contribution in [0.4, 0.5) is 0 Å². The largest absolute Gasteiger partial charge is 0.393 e. The second kappa shape index (κ2) is 6.56. The summed E-state index contributed by atoms with van der Waals surface area (Å²) in [5.41, 5.74) is 0. The highest BCUT2D eigenvalue weighted by Crippen LogP contribution is 2.05. The Hall–Kier alpha value is -0.870. The molecule has 4 heteroatoms. The number of hydrogen-bond acceptors (Lipinski definition) is 3. The maximum atomic E-state index is 11.2. The highest BCUT2D eigenvalue weighted by atomic mass is 16.7. The molecule has 0 radical (unpaired) electrons. The van der Waals surface area contributed by atoms with Crippen LogP contribution in [0.3, 0.4) is 0 Å². The van der Waals surface area contributed by atoms with Crippen LogP contribution in [0, 0.1) is 5.92 Å². The molecule has 1 amide bonds. The van der Waals surface area contributed by atoms with Crippen LogP contribution in [-0.4, -0.2) is 36.3 Å². The average Bonchev–Trinajstić information content (AvgIpc) is 2.15. The number of rotatable bonds is 5. The maximum absolute atomic E-state index is 11.2. The molecule has 0 heterocycles. The van der Waals surface area contributed by atoms with Gasteiger partial charge >= 0.3 is 0 Å². The Morgan fingerprint density at radius 3 is 2.57 bits per heavy atom. The molecule has 0 aliphatic carbocycles. The Morgan fingerprint density at radius 2 is 2.14 bits per heavy atom. The first kappa shape index (κ1) is 13.1. The van der Waals surface area contributed by atoms with Crippen LogP contribution in [0.2, 0.25) is 0 Å². The minimum absolute atomic E-state index is 0.204. The minimum atomic E-state index is -0.396. The standard InChI is InChI=1S/C10H19NO3/c1-8(2)9(12)6-5-7-10(13)11(3)14-4/h5,7-9,12H,6H2,1-4H3/b7-5+. The fourth-order valence-electron chi connectivity index (χ4n) is 0.775. The predicted molar refractivity (Wildman–Crippen MR) is 54.4 cm³/mol. The van der Waals surface area contributed by atoms with Crippen molar-refractivity contribution in [2.45, 2.75) is 26.4 Å². The lowest BCUT2D eigenvalue weighted by atomic mass is 10.0. The molecule has 0 fully saturated rings. The van der Waals surface area contributed by atoms with Crippen molar-refractivity contribution >= 4 is 5.91 Å². The molecule has 0 rings (SSSR count). The Morgan fingerprint density at radius 1 is 1.57 bits per heavy atom. The Labute approximate surface area is 85.1 Å². The quantitative estimate of drug-likeness (QED) is 0.532. The fourth-order valence-corrected chi connectivity index (χ4v) is 0.775. The molecule has 0 saturated heterocycles. The second-order valence-electron chi connectivity index (χ2n) is 3.47. The number of hydroxylamine groups is 2. The van der Waals surface area contributed by atoms with Gasteiger partial charge in [-0.05, 0) is 12.3 Å². The Bertz CT molecular complexity index is 202. The van der Waals surface area contributed by atoms with Crippen molar-refractivity contribution in [1.82, 2.24) is 5.06 Å². The van der Waals surface area contributed by atoms with E-state index in [0.717, 1.165) is 5.06 Å². The van der Waals surface area contributed by atoms with Crippen molar-refractivity contribution in [3.63, 3.8) is 0 Å². The SMILES string of the molecule is CON(C)C(=O)/C=C/CC(O)C(C)C. The third-order valence-corrected chi connectivity index (χ3v) is 1.99. The number of hydrogen-bond donors (Lipinski definition) is 1. The molecule has 14 heavy (non-hydrogen) atoms. The Kier molecular flexibility index (Phi) is 6.16. The monoisotopic (exact) mass is 201 g/mol. The lowest BCUT2D eigenvalue weighted by Gasteiger charge is -2.12. The third-order valence-electron chi connectivity index (χ3n) is 1.99. The molecule has 0 bridgehead atoms. The topological polar surface area (TPSA) is 49.8 Å². The van der Waals surface area contributed by atoms with Gasteiger partial charge in [-0.1, -0.05) is 19.9 Å². The highest BCUT2D eigenvalue weighted by Gasteiger charge is 2.07. The van der Waals surface area contributed by atoms with Crippen molar-refractivity contribution in [2.75, 3.05) is 14.2 Å². The number of aliphatic hydroxyl groups excluding tert-OH is 1. The summed E-state index contributed by atoms with van der Waals surface area (Å²) in [5.74, 6) is -0.0293. The van der Waals surface area contributed by atoms with Gasteiger partial charge in [0.15, 0.2) is 0 Å². The van der Waals surface area contributed by atoms with Crippen LogP contribution in [-0.2, 0) is 9.63 Å². The van der Waals surface area contributed by atoms with E-state index in [0.29, 0.717) is 6.42 Å². The van der Waals surface area contributed by atoms with Gasteiger partial charge in [-0.3, -0.25) is 9.63 Å². The van der Waals surface area contributed by atoms with Crippen molar-refractivity contribution in [1.29, 1.82) is 0 Å². The van der Waals surface area contributed by atoms with E-state index in [2.05, 4.69) is 4.84 Å². The van der Waals surface area contributed by atoms with E-state index in [9.17, 15) is 9.90 Å². The van der Waals surface area contributed by atoms with Gasteiger partial charge in [-0.15, -0.1) is 0 Å². The van der Waals surface area contributed by atoms with Gasteiger partial charge in [0.05, 0.1) is 13.2 Å². The summed E-state index contributed by atoms with van der Waals surface area (Å²) in [6.07, 6.45) is 3.14. The van der Waals surface area contributed by atoms with E-state index in [1.165, 1.54) is 20.2 Å². The molecule has 1 atom stereocenters. The van der Waals surface area contributed by atoms with Crippen LogP contribution < -0.4 is 0 Å². The maximum Gasteiger partial charge on any atom is 0.269 e. The Balaban J connectivity index is 3.89. The third kappa shape index (κ3) is 4.99. The van der Waals surface area contributed by atoms with Gasteiger partial charge in [0.1, 0.15) is 0 Å². The van der Waals surface area contributed by atoms with Crippen molar-refractivity contribution < 1.29 is 14.7 Å². The minimum Gasteiger partial charge on any atom is -0.393 e. The summed E-state index contributed by atoms with van der Waals surface area (Å²) >= 11 is 0. The molecule has 0 saturated carbocycles. The van der Waals surface area contributed by atoms with Crippen LogP contribution in [0.1, 0.15) is 20.3 Å². The van der Waals surface area contributed by atoms with Crippen molar-refractivity contribution in [3.05, 3.63) is 12.2 Å². The molecule has 0 aromatic heterocycles. The lowest BCUT2D eigenvalue weighted by Crippen LogP contribution is -2.23. The molecule has 82 valence electrons. The molecule has 1 unspecified atom stereocenters. The summed E-state index contributed by atoms with van der Waals surface area (Å²) in [5, 5.41) is 10.6. The normalized spacial score (nSPS) is 13.6. The number of likely N-dealkylation sites (N-methyl/N-ethyl adjacent to an activating group) is 1. The second-order valence-corrected chi connectivity index (χ2v) is 3.47. The van der Waals surface area contributed by atoms with E-state index >= 15 is 0 Å². The van der Waals surface area contributed by atoms with E-state index in [-0.39, 0.29) is 11.8 Å². The summed E-state index contributed by atoms with van der Waals surface area (Å²) in [6.45, 7) is 3.86. The summed E-state index contributed by atoms with van der Waals surface area (Å²) in [6, 6.07) is 0. The smallest absolute Gasteiger partial charge is 0.269 e. The summed E-state index contributed by atoms with van der Waals surface area (Å²) in [7, 11) is 2.96. The summed E-state index contributed by atoms with van der Waals surface area (Å²) in [4.78, 5) is 15.8. The zero-order valence-corrected chi connectivity index (χ0v) is 9.23. The van der Waals surface area contributed by atoms with E-state index in [1.807, 2.05) is 13.8 Å². The van der Waals surface area contributed by atoms with Gasteiger partial charge in [0.25, 0.3) is 5.91 Å².